The molecule has 6 heteroatoms. The Hall–Kier alpha value is -1.68. The number of piperidine rings is 1. The number of ether oxygens (including phenoxy) is 1. The van der Waals surface area contributed by atoms with E-state index in [2.05, 4.69) is 4.98 Å². The zero-order valence-corrected chi connectivity index (χ0v) is 14.0. The highest BCUT2D eigenvalue weighted by atomic mass is 31.2. The van der Waals surface area contributed by atoms with Gasteiger partial charge in [-0.2, -0.15) is 0 Å². The molecule has 2 heterocycles. The molecule has 1 N–H and O–H groups in total. The molecule has 1 aromatic heterocycles. The van der Waals surface area contributed by atoms with E-state index in [1.54, 1.807) is 48.4 Å². The van der Waals surface area contributed by atoms with Gasteiger partial charge in [0.2, 0.25) is 0 Å². The van der Waals surface area contributed by atoms with Crippen molar-refractivity contribution in [3.05, 3.63) is 54.4 Å². The minimum atomic E-state index is -3.62. The van der Waals surface area contributed by atoms with Crippen LogP contribution in [0.25, 0.3) is 0 Å². The van der Waals surface area contributed by atoms with Crippen LogP contribution in [-0.2, 0) is 4.57 Å². The van der Waals surface area contributed by atoms with E-state index in [1.807, 2.05) is 12.1 Å². The normalized spacial score (nSPS) is 21.6. The monoisotopic (exact) mass is 332 g/mol. The van der Waals surface area contributed by atoms with Gasteiger partial charge < -0.3 is 9.63 Å². The van der Waals surface area contributed by atoms with Gasteiger partial charge in [-0.25, -0.2) is 4.67 Å². The molecule has 1 aromatic carbocycles. The van der Waals surface area contributed by atoms with Gasteiger partial charge in [0.15, 0.2) is 0 Å². The zero-order valence-electron chi connectivity index (χ0n) is 13.1. The average Bonchev–Trinajstić information content (AvgIpc) is 2.62. The van der Waals surface area contributed by atoms with Gasteiger partial charge in [0.05, 0.1) is 12.4 Å². The summed E-state index contributed by atoms with van der Waals surface area (Å²) in [6.07, 6.45) is 6.36. The summed E-state index contributed by atoms with van der Waals surface area (Å²) in [7, 11) is -2.04. The molecule has 0 spiro atoms. The topological polar surface area (TPSA) is 62.7 Å². The summed E-state index contributed by atoms with van der Waals surface area (Å²) in [6, 6.07) is 10.6. The number of pyridine rings is 1. The number of aromatic nitrogens is 1. The molecule has 122 valence electrons. The molecule has 3 rings (SSSR count). The molecule has 1 saturated heterocycles. The third-order valence-electron chi connectivity index (χ3n) is 4.30. The third kappa shape index (κ3) is 3.32. The Morgan fingerprint density at radius 2 is 2.04 bits per heavy atom. The summed E-state index contributed by atoms with van der Waals surface area (Å²) in [6.45, 7) is 0.610. The summed E-state index contributed by atoms with van der Waals surface area (Å²) in [5.41, 5.74) is 0.995. The van der Waals surface area contributed by atoms with Crippen molar-refractivity contribution in [2.45, 2.75) is 25.3 Å². The molecular weight excluding hydrogens is 311 g/mol. The highest BCUT2D eigenvalue weighted by Gasteiger charge is 2.38. The van der Waals surface area contributed by atoms with Gasteiger partial charge in [-0.1, -0.05) is 12.5 Å². The van der Waals surface area contributed by atoms with E-state index in [0.29, 0.717) is 17.6 Å². The summed E-state index contributed by atoms with van der Waals surface area (Å²) in [5, 5.41) is 0.439. The standard InChI is InChI=1S/C17H21N2O3P/c1-22-15-7-9-16(10-8-15)23(20,21)19-12-3-2-6-17(19)14-5-4-11-18-13-14/h4-5,7-11,13,17H,2-3,6,12H2,1H3,(H,20,21)/t17-/m0/s1. The number of nitrogens with zero attached hydrogens (tertiary/aromatic N) is 2. The first-order chi connectivity index (χ1) is 11.1. The molecule has 1 fully saturated rings. The van der Waals surface area contributed by atoms with Crippen LogP contribution in [0.3, 0.4) is 0 Å². The van der Waals surface area contributed by atoms with Crippen molar-refractivity contribution in [2.24, 2.45) is 0 Å². The Kier molecular flexibility index (Phi) is 4.81. The SMILES string of the molecule is COc1ccc(P(=O)(O)N2CCCC[C@H]2c2cccnc2)cc1. The van der Waals surface area contributed by atoms with Crippen molar-refractivity contribution in [3.8, 4) is 5.75 Å². The summed E-state index contributed by atoms with van der Waals surface area (Å²) in [4.78, 5) is 15.0. The molecule has 0 amide bonds. The summed E-state index contributed by atoms with van der Waals surface area (Å²) in [5.74, 6) is 0.677. The van der Waals surface area contributed by atoms with Crippen LogP contribution in [0.2, 0.25) is 0 Å². The van der Waals surface area contributed by atoms with Crippen LogP contribution < -0.4 is 10.0 Å². The van der Waals surface area contributed by atoms with Crippen LogP contribution in [0.1, 0.15) is 30.9 Å². The molecule has 0 saturated carbocycles. The van der Waals surface area contributed by atoms with Crippen molar-refractivity contribution >= 4 is 12.8 Å². The average molecular weight is 332 g/mol. The molecule has 1 aliphatic heterocycles. The van der Waals surface area contributed by atoms with Crippen molar-refractivity contribution < 1.29 is 14.2 Å². The Balaban J connectivity index is 1.93. The van der Waals surface area contributed by atoms with Gasteiger partial charge in [-0.15, -0.1) is 0 Å². The van der Waals surface area contributed by atoms with E-state index >= 15 is 0 Å². The highest BCUT2D eigenvalue weighted by Crippen LogP contribution is 2.52. The molecule has 2 aromatic rings. The van der Waals surface area contributed by atoms with Gasteiger partial charge in [-0.05, 0) is 48.7 Å². The Morgan fingerprint density at radius 1 is 1.26 bits per heavy atom. The molecular formula is C17H21N2O3P. The first-order valence-corrected chi connectivity index (χ1v) is 9.38. The van der Waals surface area contributed by atoms with E-state index < -0.39 is 7.52 Å². The lowest BCUT2D eigenvalue weighted by atomic mass is 9.99. The lowest BCUT2D eigenvalue weighted by Crippen LogP contribution is -2.34. The first kappa shape index (κ1) is 16.2. The molecule has 5 nitrogen and oxygen atoms in total. The second kappa shape index (κ2) is 6.83. The molecule has 1 aliphatic rings. The van der Waals surface area contributed by atoms with E-state index in [1.165, 1.54) is 0 Å². The maximum absolute atomic E-state index is 13.2. The predicted octanol–water partition coefficient (Wildman–Crippen LogP) is 3.13. The number of methoxy groups -OCH3 is 1. The van der Waals surface area contributed by atoms with Crippen LogP contribution in [0.4, 0.5) is 0 Å². The molecule has 0 bridgehead atoms. The van der Waals surface area contributed by atoms with Crippen molar-refractivity contribution in [2.75, 3.05) is 13.7 Å². The van der Waals surface area contributed by atoms with Crippen LogP contribution >= 0.6 is 7.52 Å². The van der Waals surface area contributed by atoms with Gasteiger partial charge in [-0.3, -0.25) is 9.55 Å². The second-order valence-electron chi connectivity index (χ2n) is 5.70. The Morgan fingerprint density at radius 3 is 2.70 bits per heavy atom. The first-order valence-electron chi connectivity index (χ1n) is 7.77. The van der Waals surface area contributed by atoms with E-state index in [9.17, 15) is 9.46 Å². The number of benzene rings is 1. The quantitative estimate of drug-likeness (QED) is 0.872. The minimum Gasteiger partial charge on any atom is -0.497 e. The van der Waals surface area contributed by atoms with Crippen molar-refractivity contribution in [3.63, 3.8) is 0 Å². The second-order valence-corrected chi connectivity index (χ2v) is 7.82. The van der Waals surface area contributed by atoms with E-state index in [-0.39, 0.29) is 6.04 Å². The van der Waals surface area contributed by atoms with E-state index in [4.69, 9.17) is 4.74 Å². The fraction of sp³-hybridized carbons (Fsp3) is 0.353. The molecule has 23 heavy (non-hydrogen) atoms. The Labute approximate surface area is 136 Å². The maximum Gasteiger partial charge on any atom is 0.300 e. The lowest BCUT2D eigenvalue weighted by molar-refractivity contribution is 0.232. The van der Waals surface area contributed by atoms with Crippen LogP contribution in [0.15, 0.2) is 48.8 Å². The highest BCUT2D eigenvalue weighted by molar-refractivity contribution is 7.63. The maximum atomic E-state index is 13.2. The smallest absolute Gasteiger partial charge is 0.300 e. The van der Waals surface area contributed by atoms with Gasteiger partial charge in [0.25, 0.3) is 7.52 Å². The predicted molar refractivity (Wildman–Crippen MR) is 90.0 cm³/mol. The minimum absolute atomic E-state index is 0.0737. The summed E-state index contributed by atoms with van der Waals surface area (Å²) >= 11 is 0. The molecule has 1 unspecified atom stereocenters. The number of hydrogen-bond acceptors (Lipinski definition) is 3. The fourth-order valence-electron chi connectivity index (χ4n) is 3.08. The third-order valence-corrected chi connectivity index (χ3v) is 6.45. The Bertz CT molecular complexity index is 691. The van der Waals surface area contributed by atoms with E-state index in [0.717, 1.165) is 24.8 Å². The van der Waals surface area contributed by atoms with Gasteiger partial charge in [0, 0.05) is 25.0 Å². The molecule has 2 atom stereocenters. The summed E-state index contributed by atoms with van der Waals surface area (Å²) < 4.78 is 20.0. The fourth-order valence-corrected chi connectivity index (χ4v) is 4.95. The van der Waals surface area contributed by atoms with Crippen molar-refractivity contribution in [1.29, 1.82) is 0 Å². The van der Waals surface area contributed by atoms with Crippen molar-refractivity contribution in [1.82, 2.24) is 9.65 Å². The molecule has 0 aliphatic carbocycles. The molecule has 0 radical (unpaired) electrons. The van der Waals surface area contributed by atoms with Gasteiger partial charge in [0.1, 0.15) is 5.75 Å². The largest absolute Gasteiger partial charge is 0.497 e. The van der Waals surface area contributed by atoms with Gasteiger partial charge >= 0.3 is 0 Å². The number of hydrogen-bond donors (Lipinski definition) is 1. The van der Waals surface area contributed by atoms with Crippen LogP contribution in [0, 0.1) is 0 Å². The lowest BCUT2D eigenvalue weighted by Gasteiger charge is -2.38. The van der Waals surface area contributed by atoms with Crippen LogP contribution in [-0.4, -0.2) is 28.2 Å². The zero-order chi connectivity index (χ0) is 16.3. The number of rotatable bonds is 4. The van der Waals surface area contributed by atoms with Crippen LogP contribution in [0.5, 0.6) is 5.75 Å².